The summed E-state index contributed by atoms with van der Waals surface area (Å²) >= 11 is 0. The van der Waals surface area contributed by atoms with Crippen LogP contribution in [0.4, 0.5) is 11.4 Å². The van der Waals surface area contributed by atoms with Gasteiger partial charge in [0.2, 0.25) is 10.0 Å². The topological polar surface area (TPSA) is 143 Å². The second kappa shape index (κ2) is 7.17. The maximum absolute atomic E-state index is 11.4. The van der Waals surface area contributed by atoms with Gasteiger partial charge in [-0.05, 0) is 24.1 Å². The van der Waals surface area contributed by atoms with Crippen LogP contribution in [0, 0.1) is 10.1 Å². The van der Waals surface area contributed by atoms with E-state index in [0.29, 0.717) is 0 Å². The lowest BCUT2D eigenvalue weighted by Gasteiger charge is -2.04. The molecular weight excluding hydrogens is 370 g/mol. The number of benzene rings is 2. The number of aromatic nitrogens is 1. The average Bonchev–Trinajstić information content (AvgIpc) is 3.04. The smallest absolute Gasteiger partial charge is 0.295 e. The number of nitrogens with zero attached hydrogens (tertiary/aromatic N) is 2. The Morgan fingerprint density at radius 1 is 1.33 bits per heavy atom. The Labute approximate surface area is 155 Å². The Morgan fingerprint density at radius 2 is 2.11 bits per heavy atom. The second-order valence-electron chi connectivity index (χ2n) is 5.79. The number of aryl methyl sites for hydroxylation is 1. The highest BCUT2D eigenvalue weighted by Gasteiger charge is 2.18. The highest BCUT2D eigenvalue weighted by atomic mass is 32.2. The first kappa shape index (κ1) is 18.5. The van der Waals surface area contributed by atoms with E-state index in [1.165, 1.54) is 23.9 Å². The minimum absolute atomic E-state index is 0.0535. The summed E-state index contributed by atoms with van der Waals surface area (Å²) in [6.07, 6.45) is 4.22. The van der Waals surface area contributed by atoms with E-state index in [0.717, 1.165) is 29.0 Å². The van der Waals surface area contributed by atoms with Gasteiger partial charge in [-0.1, -0.05) is 25.1 Å². The van der Waals surface area contributed by atoms with Gasteiger partial charge in [0.25, 0.3) is 5.69 Å². The van der Waals surface area contributed by atoms with Crippen molar-refractivity contribution < 1.29 is 13.3 Å². The van der Waals surface area contributed by atoms with E-state index in [1.54, 1.807) is 6.20 Å². The van der Waals surface area contributed by atoms with Crippen LogP contribution in [0.2, 0.25) is 0 Å². The summed E-state index contributed by atoms with van der Waals surface area (Å²) < 4.78 is 22.7. The molecule has 0 spiro atoms. The molecule has 9 nitrogen and oxygen atoms in total. The van der Waals surface area contributed by atoms with E-state index in [1.807, 2.05) is 18.2 Å². The van der Waals surface area contributed by atoms with Crippen LogP contribution in [-0.4, -0.2) is 24.5 Å². The van der Waals surface area contributed by atoms with Crippen LogP contribution in [0.1, 0.15) is 18.1 Å². The summed E-state index contributed by atoms with van der Waals surface area (Å²) in [5.74, 6) is 0. The lowest BCUT2D eigenvalue weighted by atomic mass is 10.1. The molecule has 27 heavy (non-hydrogen) atoms. The molecule has 0 aliphatic rings. The first-order valence-corrected chi connectivity index (χ1v) is 9.55. The predicted molar refractivity (Wildman–Crippen MR) is 103 cm³/mol. The molecule has 1 aromatic heterocycles. The SMILES string of the molecule is CCc1cccc2c(/C=N/Nc3ccc(S(N)(=O)=O)cc3[N+](=O)[O-])c[nH]c12. The van der Waals surface area contributed by atoms with E-state index < -0.39 is 20.6 Å². The molecule has 1 heterocycles. The van der Waals surface area contributed by atoms with Crippen molar-refractivity contribution >= 4 is 38.5 Å². The van der Waals surface area contributed by atoms with Crippen LogP contribution < -0.4 is 10.6 Å². The van der Waals surface area contributed by atoms with Crippen LogP contribution in [0.25, 0.3) is 10.9 Å². The number of nitro groups is 1. The second-order valence-corrected chi connectivity index (χ2v) is 7.35. The van der Waals surface area contributed by atoms with Gasteiger partial charge in [0.1, 0.15) is 5.69 Å². The van der Waals surface area contributed by atoms with E-state index in [9.17, 15) is 18.5 Å². The lowest BCUT2D eigenvalue weighted by Crippen LogP contribution is -2.12. The molecule has 0 saturated heterocycles. The highest BCUT2D eigenvalue weighted by molar-refractivity contribution is 7.89. The fourth-order valence-corrected chi connectivity index (χ4v) is 3.28. The summed E-state index contributed by atoms with van der Waals surface area (Å²) in [5, 5.41) is 21.3. The molecular formula is C17H17N5O4S. The Morgan fingerprint density at radius 3 is 2.78 bits per heavy atom. The number of fused-ring (bicyclic) bond motifs is 1. The van der Waals surface area contributed by atoms with Gasteiger partial charge in [0.05, 0.1) is 16.0 Å². The Hall–Kier alpha value is -3.24. The zero-order chi connectivity index (χ0) is 19.6. The quantitative estimate of drug-likeness (QED) is 0.338. The molecule has 0 fully saturated rings. The van der Waals surface area contributed by atoms with Crippen molar-refractivity contribution in [1.29, 1.82) is 0 Å². The largest absolute Gasteiger partial charge is 0.360 e. The summed E-state index contributed by atoms with van der Waals surface area (Å²) in [6, 6.07) is 9.27. The number of rotatable bonds is 6. The van der Waals surface area contributed by atoms with E-state index in [2.05, 4.69) is 22.4 Å². The van der Waals surface area contributed by atoms with E-state index in [4.69, 9.17) is 5.14 Å². The molecule has 0 unspecified atom stereocenters. The number of sulfonamides is 1. The van der Waals surface area contributed by atoms with Crippen LogP contribution >= 0.6 is 0 Å². The molecule has 0 saturated carbocycles. The van der Waals surface area contributed by atoms with Gasteiger partial charge in [-0.25, -0.2) is 13.6 Å². The number of nitro benzene ring substituents is 1. The number of primary sulfonamides is 1. The van der Waals surface area contributed by atoms with Crippen LogP contribution in [-0.2, 0) is 16.4 Å². The minimum Gasteiger partial charge on any atom is -0.360 e. The molecule has 4 N–H and O–H groups in total. The van der Waals surface area contributed by atoms with Crippen molar-refractivity contribution in [3.05, 3.63) is 63.8 Å². The van der Waals surface area contributed by atoms with Crippen LogP contribution in [0.5, 0.6) is 0 Å². The zero-order valence-corrected chi connectivity index (χ0v) is 15.2. The average molecular weight is 387 g/mol. The van der Waals surface area contributed by atoms with Crippen LogP contribution in [0.15, 0.2) is 52.6 Å². The van der Waals surface area contributed by atoms with E-state index in [-0.39, 0.29) is 10.6 Å². The fourth-order valence-electron chi connectivity index (χ4n) is 2.75. The summed E-state index contributed by atoms with van der Waals surface area (Å²) in [7, 11) is -4.04. The van der Waals surface area contributed by atoms with Crippen molar-refractivity contribution in [2.24, 2.45) is 10.2 Å². The molecule has 3 rings (SSSR count). The number of H-pyrrole nitrogens is 1. The maximum Gasteiger partial charge on any atom is 0.295 e. The molecule has 0 radical (unpaired) electrons. The third-order valence-corrected chi connectivity index (χ3v) is 5.01. The summed E-state index contributed by atoms with van der Waals surface area (Å²) in [4.78, 5) is 13.4. The van der Waals surface area contributed by atoms with Crippen molar-refractivity contribution in [3.8, 4) is 0 Å². The Kier molecular flexibility index (Phi) is 4.93. The van der Waals surface area contributed by atoms with Gasteiger partial charge in [-0.15, -0.1) is 0 Å². The van der Waals surface area contributed by atoms with Crippen molar-refractivity contribution in [2.75, 3.05) is 5.43 Å². The zero-order valence-electron chi connectivity index (χ0n) is 14.3. The fraction of sp³-hybridized carbons (Fsp3) is 0.118. The minimum atomic E-state index is -4.04. The molecule has 10 heteroatoms. The Bertz CT molecular complexity index is 1150. The molecule has 3 aromatic rings. The predicted octanol–water partition coefficient (Wildman–Crippen LogP) is 2.73. The van der Waals surface area contributed by atoms with Crippen molar-refractivity contribution in [2.45, 2.75) is 18.2 Å². The van der Waals surface area contributed by atoms with Crippen molar-refractivity contribution in [3.63, 3.8) is 0 Å². The third kappa shape index (κ3) is 3.81. The van der Waals surface area contributed by atoms with Gasteiger partial charge in [0, 0.05) is 28.7 Å². The summed E-state index contributed by atoms with van der Waals surface area (Å²) in [6.45, 7) is 2.06. The molecule has 2 aromatic carbocycles. The number of aromatic amines is 1. The Balaban J connectivity index is 1.90. The van der Waals surface area contributed by atoms with Gasteiger partial charge < -0.3 is 4.98 Å². The van der Waals surface area contributed by atoms with Crippen LogP contribution in [0.3, 0.4) is 0 Å². The number of nitrogens with one attached hydrogen (secondary N) is 2. The van der Waals surface area contributed by atoms with E-state index >= 15 is 0 Å². The summed E-state index contributed by atoms with van der Waals surface area (Å²) in [5.41, 5.74) is 5.21. The van der Waals surface area contributed by atoms with Gasteiger partial charge in [0.15, 0.2) is 0 Å². The molecule has 0 amide bonds. The monoisotopic (exact) mass is 387 g/mol. The number of hydrazone groups is 1. The molecule has 0 bridgehead atoms. The van der Waals surface area contributed by atoms with Gasteiger partial charge in [-0.2, -0.15) is 5.10 Å². The molecule has 140 valence electrons. The highest BCUT2D eigenvalue weighted by Crippen LogP contribution is 2.27. The first-order chi connectivity index (χ1) is 12.8. The number of anilines is 1. The molecule has 0 aliphatic carbocycles. The number of para-hydroxylation sites is 1. The maximum atomic E-state index is 11.4. The van der Waals surface area contributed by atoms with Gasteiger partial charge in [-0.3, -0.25) is 15.5 Å². The number of nitrogens with two attached hydrogens (primary N) is 1. The van der Waals surface area contributed by atoms with Gasteiger partial charge >= 0.3 is 0 Å². The molecule has 0 aliphatic heterocycles. The number of hydrogen-bond acceptors (Lipinski definition) is 6. The third-order valence-electron chi connectivity index (χ3n) is 4.10. The standard InChI is InChI=1S/C17H17N5O4S/c1-2-11-4-3-5-14-12(9-19-17(11)14)10-20-21-15-7-6-13(27(18,25)26)8-16(15)22(23)24/h3-10,19,21H,2H2,1H3,(H2,18,25,26)/b20-10+. The molecule has 0 atom stereocenters. The number of hydrogen-bond donors (Lipinski definition) is 3. The normalized spacial score (nSPS) is 11.9. The lowest BCUT2D eigenvalue weighted by molar-refractivity contribution is -0.384. The van der Waals surface area contributed by atoms with Crippen molar-refractivity contribution in [1.82, 2.24) is 4.98 Å². The first-order valence-electron chi connectivity index (χ1n) is 8.00.